The molecule has 10 heteroatoms. The Labute approximate surface area is 168 Å². The van der Waals surface area contributed by atoms with Gasteiger partial charge in [0.2, 0.25) is 10.0 Å². The minimum atomic E-state index is -3.47. The zero-order chi connectivity index (χ0) is 20.1. The summed E-state index contributed by atoms with van der Waals surface area (Å²) in [5.41, 5.74) is 0.824. The summed E-state index contributed by atoms with van der Waals surface area (Å²) < 4.78 is 31.8. The molecule has 0 atom stereocenters. The lowest BCUT2D eigenvalue weighted by Gasteiger charge is -2.16. The molecule has 28 heavy (non-hydrogen) atoms. The first-order valence-electron chi connectivity index (χ1n) is 8.91. The third kappa shape index (κ3) is 4.45. The number of ether oxygens (including phenoxy) is 1. The highest BCUT2D eigenvalue weighted by Gasteiger charge is 2.27. The average Bonchev–Trinajstić information content (AvgIpc) is 3.24. The number of benzene rings is 1. The van der Waals surface area contributed by atoms with Gasteiger partial charge >= 0.3 is 5.97 Å². The SMILES string of the molecule is CCOC(=O)c1cnc(SC)nc1Nc1ccc(S(=O)(=O)N2CCCC2)cc1. The van der Waals surface area contributed by atoms with E-state index in [1.165, 1.54) is 22.3 Å². The number of sulfonamides is 1. The second-order valence-electron chi connectivity index (χ2n) is 6.10. The third-order valence-electron chi connectivity index (χ3n) is 4.26. The number of thioether (sulfide) groups is 1. The topological polar surface area (TPSA) is 101 Å². The zero-order valence-electron chi connectivity index (χ0n) is 15.7. The average molecular weight is 423 g/mol. The van der Waals surface area contributed by atoms with Gasteiger partial charge in [-0.05, 0) is 50.3 Å². The highest BCUT2D eigenvalue weighted by Crippen LogP contribution is 2.25. The lowest BCUT2D eigenvalue weighted by molar-refractivity contribution is 0.0526. The van der Waals surface area contributed by atoms with Crippen LogP contribution in [0.2, 0.25) is 0 Å². The molecule has 1 saturated heterocycles. The normalized spacial score (nSPS) is 14.8. The molecule has 0 radical (unpaired) electrons. The maximum absolute atomic E-state index is 12.6. The molecule has 2 aromatic rings. The second-order valence-corrected chi connectivity index (χ2v) is 8.81. The van der Waals surface area contributed by atoms with Crippen LogP contribution in [0.15, 0.2) is 40.5 Å². The fourth-order valence-corrected chi connectivity index (χ4v) is 4.70. The van der Waals surface area contributed by atoms with E-state index in [1.807, 2.05) is 6.26 Å². The summed E-state index contributed by atoms with van der Waals surface area (Å²) in [6, 6.07) is 6.41. The zero-order valence-corrected chi connectivity index (χ0v) is 17.3. The first-order valence-corrected chi connectivity index (χ1v) is 11.6. The largest absolute Gasteiger partial charge is 0.462 e. The first-order chi connectivity index (χ1) is 13.5. The van der Waals surface area contributed by atoms with Crippen LogP contribution in [-0.4, -0.2) is 54.6 Å². The summed E-state index contributed by atoms with van der Waals surface area (Å²) in [5, 5.41) is 3.56. The maximum Gasteiger partial charge on any atom is 0.343 e. The molecule has 1 fully saturated rings. The van der Waals surface area contributed by atoms with Crippen LogP contribution in [-0.2, 0) is 14.8 Å². The van der Waals surface area contributed by atoms with Crippen molar-refractivity contribution < 1.29 is 17.9 Å². The molecule has 0 bridgehead atoms. The van der Waals surface area contributed by atoms with Crippen molar-refractivity contribution in [3.8, 4) is 0 Å². The Morgan fingerprint density at radius 1 is 1.25 bits per heavy atom. The van der Waals surface area contributed by atoms with Gasteiger partial charge < -0.3 is 10.1 Å². The van der Waals surface area contributed by atoms with E-state index in [0.717, 1.165) is 12.8 Å². The lowest BCUT2D eigenvalue weighted by Crippen LogP contribution is -2.27. The van der Waals surface area contributed by atoms with Crippen LogP contribution in [0.4, 0.5) is 11.5 Å². The minimum absolute atomic E-state index is 0.216. The molecule has 0 unspecified atom stereocenters. The fourth-order valence-electron chi connectivity index (χ4n) is 2.84. The van der Waals surface area contributed by atoms with Crippen LogP contribution in [0, 0.1) is 0 Å². The van der Waals surface area contributed by atoms with Gasteiger partial charge in [0.25, 0.3) is 0 Å². The summed E-state index contributed by atoms with van der Waals surface area (Å²) in [5.74, 6) is -0.209. The van der Waals surface area contributed by atoms with Gasteiger partial charge in [0.05, 0.1) is 11.5 Å². The van der Waals surface area contributed by atoms with Crippen LogP contribution in [0.1, 0.15) is 30.1 Å². The number of hydrogen-bond acceptors (Lipinski definition) is 8. The number of rotatable bonds is 7. The van der Waals surface area contributed by atoms with Crippen LogP contribution >= 0.6 is 11.8 Å². The Morgan fingerprint density at radius 2 is 1.93 bits per heavy atom. The Bertz CT molecular complexity index is 943. The highest BCUT2D eigenvalue weighted by atomic mass is 32.2. The molecule has 2 heterocycles. The van der Waals surface area contributed by atoms with Crippen molar-refractivity contribution in [1.29, 1.82) is 0 Å². The van der Waals surface area contributed by atoms with Gasteiger partial charge in [-0.25, -0.2) is 23.2 Å². The van der Waals surface area contributed by atoms with Crippen molar-refractivity contribution in [1.82, 2.24) is 14.3 Å². The molecule has 1 N–H and O–H groups in total. The van der Waals surface area contributed by atoms with Gasteiger partial charge in [0, 0.05) is 25.0 Å². The van der Waals surface area contributed by atoms with Crippen molar-refractivity contribution in [3.05, 3.63) is 36.0 Å². The molecular formula is C18H22N4O4S2. The van der Waals surface area contributed by atoms with Crippen molar-refractivity contribution in [2.24, 2.45) is 0 Å². The maximum atomic E-state index is 12.6. The molecule has 1 aliphatic heterocycles. The van der Waals surface area contributed by atoms with Crippen LogP contribution < -0.4 is 5.32 Å². The number of anilines is 2. The van der Waals surface area contributed by atoms with Gasteiger partial charge in [-0.2, -0.15) is 4.31 Å². The van der Waals surface area contributed by atoms with E-state index in [0.29, 0.717) is 29.8 Å². The summed E-state index contributed by atoms with van der Waals surface area (Å²) in [6.07, 6.45) is 5.04. The standard InChI is InChI=1S/C18H22N4O4S2/c1-3-26-17(23)15-12-19-18(27-2)21-16(15)20-13-6-8-14(9-7-13)28(24,25)22-10-4-5-11-22/h6-9,12H,3-5,10-11H2,1-2H3,(H,19,20,21). The molecule has 0 aliphatic carbocycles. The first kappa shape index (κ1) is 20.6. The van der Waals surface area contributed by atoms with Crippen molar-refractivity contribution >= 4 is 39.3 Å². The summed E-state index contributed by atoms with van der Waals surface area (Å²) in [4.78, 5) is 20.9. The van der Waals surface area contributed by atoms with Gasteiger partial charge in [0.15, 0.2) is 5.16 Å². The molecule has 0 saturated carbocycles. The Kier molecular flexibility index (Phi) is 6.53. The van der Waals surface area contributed by atoms with Gasteiger partial charge in [-0.3, -0.25) is 0 Å². The predicted octanol–water partition coefficient (Wildman–Crippen LogP) is 2.90. The molecule has 150 valence electrons. The molecule has 3 rings (SSSR count). The van der Waals surface area contributed by atoms with E-state index in [-0.39, 0.29) is 17.1 Å². The summed E-state index contributed by atoms with van der Waals surface area (Å²) >= 11 is 1.35. The minimum Gasteiger partial charge on any atom is -0.462 e. The number of esters is 1. The Balaban J connectivity index is 1.85. The number of aromatic nitrogens is 2. The molecule has 0 amide bonds. The van der Waals surface area contributed by atoms with E-state index >= 15 is 0 Å². The van der Waals surface area contributed by atoms with Crippen molar-refractivity contribution in [2.45, 2.75) is 29.8 Å². The number of nitrogens with one attached hydrogen (secondary N) is 1. The molecule has 1 aromatic heterocycles. The van der Waals surface area contributed by atoms with Crippen molar-refractivity contribution in [3.63, 3.8) is 0 Å². The third-order valence-corrected chi connectivity index (χ3v) is 6.74. The lowest BCUT2D eigenvalue weighted by atomic mass is 10.2. The molecule has 0 spiro atoms. The number of carbonyl (C=O) groups is 1. The fraction of sp³-hybridized carbons (Fsp3) is 0.389. The van der Waals surface area contributed by atoms with Crippen molar-refractivity contribution in [2.75, 3.05) is 31.3 Å². The van der Waals surface area contributed by atoms with Crippen LogP contribution in [0.5, 0.6) is 0 Å². The second kappa shape index (κ2) is 8.89. The van der Waals surface area contributed by atoms with Crippen LogP contribution in [0.25, 0.3) is 0 Å². The molecular weight excluding hydrogens is 400 g/mol. The number of carbonyl (C=O) groups excluding carboxylic acids is 1. The van der Waals surface area contributed by atoms with E-state index in [9.17, 15) is 13.2 Å². The molecule has 8 nitrogen and oxygen atoms in total. The van der Waals surface area contributed by atoms with E-state index in [4.69, 9.17) is 4.74 Å². The smallest absolute Gasteiger partial charge is 0.343 e. The van der Waals surface area contributed by atoms with Gasteiger partial charge in [0.1, 0.15) is 11.4 Å². The summed E-state index contributed by atoms with van der Waals surface area (Å²) in [6.45, 7) is 3.08. The monoisotopic (exact) mass is 422 g/mol. The number of hydrogen-bond donors (Lipinski definition) is 1. The number of nitrogens with zero attached hydrogens (tertiary/aromatic N) is 3. The Morgan fingerprint density at radius 3 is 2.54 bits per heavy atom. The molecule has 1 aromatic carbocycles. The Hall–Kier alpha value is -2.17. The van der Waals surface area contributed by atoms with E-state index < -0.39 is 16.0 Å². The quantitative estimate of drug-likeness (QED) is 0.413. The highest BCUT2D eigenvalue weighted by molar-refractivity contribution is 7.98. The predicted molar refractivity (Wildman–Crippen MR) is 107 cm³/mol. The van der Waals surface area contributed by atoms with E-state index in [1.54, 1.807) is 31.2 Å². The van der Waals surface area contributed by atoms with Gasteiger partial charge in [-0.15, -0.1) is 0 Å². The van der Waals surface area contributed by atoms with E-state index in [2.05, 4.69) is 15.3 Å². The van der Waals surface area contributed by atoms with Gasteiger partial charge in [-0.1, -0.05) is 11.8 Å². The summed E-state index contributed by atoms with van der Waals surface area (Å²) in [7, 11) is -3.47. The van der Waals surface area contributed by atoms with Crippen LogP contribution in [0.3, 0.4) is 0 Å². The molecule has 1 aliphatic rings.